The highest BCUT2D eigenvalue weighted by Gasteiger charge is 2.15. The summed E-state index contributed by atoms with van der Waals surface area (Å²) in [5.41, 5.74) is -0.165. The number of hydrogen-bond acceptors (Lipinski definition) is 2. The molecule has 0 unspecified atom stereocenters. The Kier molecular flexibility index (Phi) is 4.75. The molecule has 0 N–H and O–H groups in total. The summed E-state index contributed by atoms with van der Waals surface area (Å²) in [5, 5.41) is 0. The lowest BCUT2D eigenvalue weighted by Gasteiger charge is -2.20. The van der Waals surface area contributed by atoms with Crippen LogP contribution < -0.4 is 0 Å². The number of benzene rings is 1. The van der Waals surface area contributed by atoms with Crippen LogP contribution in [-0.4, -0.2) is 30.3 Å². The molecule has 0 atom stereocenters. The third-order valence-electron chi connectivity index (χ3n) is 2.83. The smallest absolute Gasteiger partial charge is 0.169 e. The van der Waals surface area contributed by atoms with Gasteiger partial charge < -0.3 is 4.90 Å². The van der Waals surface area contributed by atoms with Gasteiger partial charge in [-0.3, -0.25) is 4.79 Å². The van der Waals surface area contributed by atoms with Crippen LogP contribution in [0.4, 0.5) is 8.78 Å². The molecule has 0 spiro atoms. The molecule has 0 fully saturated rings. The molecule has 2 nitrogen and oxygen atoms in total. The lowest BCUT2D eigenvalue weighted by atomic mass is 10.1. The van der Waals surface area contributed by atoms with E-state index in [2.05, 4.69) is 0 Å². The summed E-state index contributed by atoms with van der Waals surface area (Å²) in [5.74, 6) is -2.40. The summed E-state index contributed by atoms with van der Waals surface area (Å²) in [4.78, 5) is 13.7. The van der Waals surface area contributed by atoms with E-state index < -0.39 is 11.6 Å². The van der Waals surface area contributed by atoms with Crippen molar-refractivity contribution < 1.29 is 13.6 Å². The van der Waals surface area contributed by atoms with Crippen molar-refractivity contribution in [1.82, 2.24) is 4.90 Å². The lowest BCUT2D eigenvalue weighted by Crippen LogP contribution is -2.28. The van der Waals surface area contributed by atoms with E-state index in [1.165, 1.54) is 12.1 Å². The number of ketones is 1. The van der Waals surface area contributed by atoms with E-state index in [-0.39, 0.29) is 17.8 Å². The van der Waals surface area contributed by atoms with Crippen molar-refractivity contribution in [3.63, 3.8) is 0 Å². The molecular formula is C13H17F2NO. The Labute approximate surface area is 100 Å². The molecule has 0 aliphatic carbocycles. The Morgan fingerprint density at radius 3 is 2.59 bits per heavy atom. The van der Waals surface area contributed by atoms with Gasteiger partial charge in [0.1, 0.15) is 0 Å². The van der Waals surface area contributed by atoms with E-state index in [0.717, 1.165) is 6.07 Å². The second-order valence-corrected chi connectivity index (χ2v) is 4.35. The third-order valence-corrected chi connectivity index (χ3v) is 2.83. The highest BCUT2D eigenvalue weighted by Crippen LogP contribution is 2.13. The van der Waals surface area contributed by atoms with Crippen molar-refractivity contribution in [1.29, 1.82) is 0 Å². The molecule has 1 aromatic carbocycles. The summed E-state index contributed by atoms with van der Waals surface area (Å²) < 4.78 is 26.3. The minimum Gasteiger partial charge on any atom is -0.304 e. The molecule has 0 aliphatic heterocycles. The zero-order chi connectivity index (χ0) is 13.0. The van der Waals surface area contributed by atoms with E-state index in [1.807, 2.05) is 25.8 Å². The van der Waals surface area contributed by atoms with E-state index in [4.69, 9.17) is 0 Å². The molecule has 0 saturated heterocycles. The molecule has 0 amide bonds. The van der Waals surface area contributed by atoms with Gasteiger partial charge in [0.15, 0.2) is 17.4 Å². The Morgan fingerprint density at radius 1 is 1.35 bits per heavy atom. The number of carbonyl (C=O) groups excluding carboxylic acids is 1. The Balaban J connectivity index is 2.68. The van der Waals surface area contributed by atoms with Crippen LogP contribution in [0.5, 0.6) is 0 Å². The maximum absolute atomic E-state index is 13.3. The predicted octanol–water partition coefficient (Wildman–Crippen LogP) is 2.88. The fourth-order valence-corrected chi connectivity index (χ4v) is 1.39. The first-order valence-corrected chi connectivity index (χ1v) is 5.61. The van der Waals surface area contributed by atoms with Gasteiger partial charge in [-0.1, -0.05) is 6.07 Å². The third kappa shape index (κ3) is 3.60. The summed E-state index contributed by atoms with van der Waals surface area (Å²) >= 11 is 0. The van der Waals surface area contributed by atoms with Crippen molar-refractivity contribution >= 4 is 5.78 Å². The van der Waals surface area contributed by atoms with Crippen LogP contribution in [0.25, 0.3) is 0 Å². The number of hydrogen-bond donors (Lipinski definition) is 0. The Hall–Kier alpha value is -1.29. The van der Waals surface area contributed by atoms with E-state index in [0.29, 0.717) is 12.6 Å². The zero-order valence-corrected chi connectivity index (χ0v) is 10.3. The molecule has 1 aromatic rings. The topological polar surface area (TPSA) is 20.3 Å². The van der Waals surface area contributed by atoms with Crippen LogP contribution in [-0.2, 0) is 0 Å². The molecule has 17 heavy (non-hydrogen) atoms. The Bertz CT molecular complexity index is 404. The fourth-order valence-electron chi connectivity index (χ4n) is 1.39. The van der Waals surface area contributed by atoms with E-state index >= 15 is 0 Å². The molecule has 0 aliphatic rings. The normalized spacial score (nSPS) is 11.2. The number of carbonyl (C=O) groups is 1. The number of rotatable bonds is 5. The van der Waals surface area contributed by atoms with Gasteiger partial charge in [0, 0.05) is 19.0 Å². The summed E-state index contributed by atoms with van der Waals surface area (Å²) in [7, 11) is 1.89. The lowest BCUT2D eigenvalue weighted by molar-refractivity contribution is 0.0959. The van der Waals surface area contributed by atoms with Crippen molar-refractivity contribution in [2.24, 2.45) is 0 Å². The summed E-state index contributed by atoms with van der Waals surface area (Å²) in [6, 6.07) is 3.99. The maximum atomic E-state index is 13.3. The maximum Gasteiger partial charge on any atom is 0.169 e. The molecule has 0 aromatic heterocycles. The molecule has 0 bridgehead atoms. The molecule has 4 heteroatoms. The van der Waals surface area contributed by atoms with Crippen LogP contribution in [0.2, 0.25) is 0 Å². The molecule has 0 saturated carbocycles. The van der Waals surface area contributed by atoms with E-state index in [9.17, 15) is 13.6 Å². The summed E-state index contributed by atoms with van der Waals surface area (Å²) in [6.45, 7) is 4.55. The van der Waals surface area contributed by atoms with Crippen LogP contribution in [0, 0.1) is 11.6 Å². The first-order chi connectivity index (χ1) is 7.93. The van der Waals surface area contributed by atoms with Gasteiger partial charge in [-0.2, -0.15) is 0 Å². The second-order valence-electron chi connectivity index (χ2n) is 4.35. The van der Waals surface area contributed by atoms with E-state index in [1.54, 1.807) is 0 Å². The molecule has 94 valence electrons. The standard InChI is InChI=1S/C13H17F2NO/c1-9(2)16(3)8-7-12(17)10-5-4-6-11(14)13(10)15/h4-6,9H,7-8H2,1-3H3. The average Bonchev–Trinajstić information content (AvgIpc) is 2.29. The first kappa shape index (κ1) is 13.8. The van der Waals surface area contributed by atoms with Gasteiger partial charge >= 0.3 is 0 Å². The highest BCUT2D eigenvalue weighted by molar-refractivity contribution is 5.96. The van der Waals surface area contributed by atoms with Gasteiger partial charge in [0.2, 0.25) is 0 Å². The molecular weight excluding hydrogens is 224 g/mol. The van der Waals surface area contributed by atoms with Crippen LogP contribution in [0.1, 0.15) is 30.6 Å². The van der Waals surface area contributed by atoms with Gasteiger partial charge in [-0.15, -0.1) is 0 Å². The first-order valence-electron chi connectivity index (χ1n) is 5.61. The van der Waals surface area contributed by atoms with Crippen LogP contribution >= 0.6 is 0 Å². The second kappa shape index (κ2) is 5.87. The van der Waals surface area contributed by atoms with Crippen molar-refractivity contribution in [3.05, 3.63) is 35.4 Å². The van der Waals surface area contributed by atoms with Crippen LogP contribution in [0.3, 0.4) is 0 Å². The molecule has 1 rings (SSSR count). The molecule has 0 radical (unpaired) electrons. The number of Topliss-reactive ketones (excluding diaryl/α,β-unsaturated/α-hetero) is 1. The fraction of sp³-hybridized carbons (Fsp3) is 0.462. The average molecular weight is 241 g/mol. The zero-order valence-electron chi connectivity index (χ0n) is 10.3. The number of halogens is 2. The minimum atomic E-state index is -1.05. The minimum absolute atomic E-state index is 0.165. The SMILES string of the molecule is CC(C)N(C)CCC(=O)c1cccc(F)c1F. The van der Waals surface area contributed by atoms with Gasteiger partial charge in [-0.05, 0) is 33.0 Å². The monoisotopic (exact) mass is 241 g/mol. The quantitative estimate of drug-likeness (QED) is 0.739. The largest absolute Gasteiger partial charge is 0.304 e. The van der Waals surface area contributed by atoms with Gasteiger partial charge in [0.25, 0.3) is 0 Å². The summed E-state index contributed by atoms with van der Waals surface area (Å²) in [6.07, 6.45) is 0.190. The number of nitrogens with zero attached hydrogens (tertiary/aromatic N) is 1. The molecule has 0 heterocycles. The van der Waals surface area contributed by atoms with Gasteiger partial charge in [-0.25, -0.2) is 8.78 Å². The Morgan fingerprint density at radius 2 is 2.00 bits per heavy atom. The highest BCUT2D eigenvalue weighted by atomic mass is 19.2. The van der Waals surface area contributed by atoms with Crippen molar-refractivity contribution in [2.45, 2.75) is 26.3 Å². The predicted molar refractivity (Wildman–Crippen MR) is 63.1 cm³/mol. The van der Waals surface area contributed by atoms with Crippen molar-refractivity contribution in [3.8, 4) is 0 Å². The van der Waals surface area contributed by atoms with Crippen LogP contribution in [0.15, 0.2) is 18.2 Å². The van der Waals surface area contributed by atoms with Crippen molar-refractivity contribution in [2.75, 3.05) is 13.6 Å². The van der Waals surface area contributed by atoms with Gasteiger partial charge in [0.05, 0.1) is 5.56 Å².